The Morgan fingerprint density at radius 1 is 1.88 bits per heavy atom. The first kappa shape index (κ1) is 5.53. The van der Waals surface area contributed by atoms with Gasteiger partial charge in [0.2, 0.25) is 0 Å². The van der Waals surface area contributed by atoms with Crippen molar-refractivity contribution in [1.82, 2.24) is 5.23 Å². The van der Waals surface area contributed by atoms with Gasteiger partial charge in [-0.05, 0) is 5.23 Å². The molecule has 0 atom stereocenters. The fourth-order valence-corrected chi connectivity index (χ4v) is 0.516. The Bertz CT molecular complexity index is 103. The number of hydrogen-bond acceptors (Lipinski definition) is 4. The van der Waals surface area contributed by atoms with E-state index < -0.39 is 0 Å². The molecule has 8 heavy (non-hydrogen) atoms. The molecular weight excluding hydrogens is 110 g/mol. The van der Waals surface area contributed by atoms with Crippen LogP contribution in [0.2, 0.25) is 0 Å². The molecule has 4 nitrogen and oxygen atoms in total. The maximum atomic E-state index is 10.3. The lowest BCUT2D eigenvalue weighted by Gasteiger charge is -2.06. The van der Waals surface area contributed by atoms with Crippen LogP contribution >= 0.6 is 0 Å². The Morgan fingerprint density at radius 3 is 2.88 bits per heavy atom. The normalized spacial score (nSPS) is 21.4. The summed E-state index contributed by atoms with van der Waals surface area (Å²) in [5, 5.41) is 1.16. The molecule has 0 saturated carbocycles. The van der Waals surface area contributed by atoms with Gasteiger partial charge in [-0.2, -0.15) is 0 Å². The van der Waals surface area contributed by atoms with Gasteiger partial charge in [0.25, 0.3) is 0 Å². The first-order valence-electron chi connectivity index (χ1n) is 2.35. The van der Waals surface area contributed by atoms with Gasteiger partial charge in [0.1, 0.15) is 0 Å². The molecule has 0 spiro atoms. The van der Waals surface area contributed by atoms with Crippen LogP contribution in [0, 0.1) is 0 Å². The molecule has 0 unspecified atom stereocenters. The largest absolute Gasteiger partial charge is 0.342 e. The molecule has 1 heterocycles. The van der Waals surface area contributed by atoms with Crippen molar-refractivity contribution in [1.29, 1.82) is 0 Å². The second-order valence-corrected chi connectivity index (χ2v) is 1.45. The van der Waals surface area contributed by atoms with Crippen molar-refractivity contribution in [2.24, 2.45) is 0 Å². The van der Waals surface area contributed by atoms with Crippen molar-refractivity contribution in [2.75, 3.05) is 13.7 Å². The molecule has 1 aliphatic heterocycles. The summed E-state index contributed by atoms with van der Waals surface area (Å²) in [5.74, 6) is -0.230. The number of rotatable bonds is 1. The average Bonchev–Trinajstić information content (AvgIpc) is 2.14. The zero-order chi connectivity index (χ0) is 5.98. The lowest BCUT2D eigenvalue weighted by Crippen LogP contribution is -2.15. The number of hydroxylamine groups is 2. The van der Waals surface area contributed by atoms with Crippen molar-refractivity contribution in [2.45, 2.75) is 6.42 Å². The van der Waals surface area contributed by atoms with Crippen LogP contribution in [0.5, 0.6) is 0 Å². The van der Waals surface area contributed by atoms with Gasteiger partial charge in [-0.25, -0.2) is 0 Å². The van der Waals surface area contributed by atoms with Crippen molar-refractivity contribution < 1.29 is 14.5 Å². The highest BCUT2D eigenvalue weighted by Gasteiger charge is 2.20. The van der Waals surface area contributed by atoms with Crippen LogP contribution in [0.4, 0.5) is 0 Å². The van der Waals surface area contributed by atoms with Crippen molar-refractivity contribution in [3.63, 3.8) is 0 Å². The summed E-state index contributed by atoms with van der Waals surface area (Å²) in [6.45, 7) is 0.537. The highest BCUT2D eigenvalue weighted by molar-refractivity contribution is 5.70. The minimum atomic E-state index is -0.230. The van der Waals surface area contributed by atoms with Crippen molar-refractivity contribution in [3.05, 3.63) is 0 Å². The van der Waals surface area contributed by atoms with E-state index in [4.69, 9.17) is 0 Å². The van der Waals surface area contributed by atoms with Gasteiger partial charge in [-0.3, -0.25) is 9.63 Å². The van der Waals surface area contributed by atoms with Crippen molar-refractivity contribution >= 4 is 5.97 Å². The number of carbonyl (C=O) groups excluding carboxylic acids is 1. The first-order valence-corrected chi connectivity index (χ1v) is 2.35. The van der Waals surface area contributed by atoms with E-state index in [1.807, 2.05) is 0 Å². The Balaban J connectivity index is 2.32. The molecular formula is C4H7NO3. The standard InChI is InChI=1S/C4H7NO3/c1-7-5-3-2-4(6)8-5/h2-3H2,1H3. The van der Waals surface area contributed by atoms with E-state index in [9.17, 15) is 4.79 Å². The Morgan fingerprint density at radius 2 is 2.62 bits per heavy atom. The average molecular weight is 117 g/mol. The van der Waals surface area contributed by atoms with Gasteiger partial charge in [-0.1, -0.05) is 0 Å². The van der Waals surface area contributed by atoms with Gasteiger partial charge < -0.3 is 4.84 Å². The van der Waals surface area contributed by atoms with Crippen molar-refractivity contribution in [3.8, 4) is 0 Å². The summed E-state index contributed by atoms with van der Waals surface area (Å²) in [5.41, 5.74) is 0. The molecule has 0 aromatic carbocycles. The third-order valence-electron chi connectivity index (χ3n) is 0.906. The number of nitrogens with zero attached hydrogens (tertiary/aromatic N) is 1. The zero-order valence-electron chi connectivity index (χ0n) is 4.59. The van der Waals surface area contributed by atoms with E-state index in [1.165, 1.54) is 7.11 Å². The van der Waals surface area contributed by atoms with E-state index in [-0.39, 0.29) is 5.97 Å². The van der Waals surface area contributed by atoms with Gasteiger partial charge in [0.05, 0.1) is 20.1 Å². The maximum Gasteiger partial charge on any atom is 0.329 e. The smallest absolute Gasteiger partial charge is 0.329 e. The predicted octanol–water partition coefficient (Wildman–Crippen LogP) is -0.288. The lowest BCUT2D eigenvalue weighted by atomic mass is 10.5. The molecule has 46 valence electrons. The van der Waals surface area contributed by atoms with E-state index in [2.05, 4.69) is 9.68 Å². The molecule has 0 amide bonds. The Labute approximate surface area is 46.9 Å². The summed E-state index contributed by atoms with van der Waals surface area (Å²) in [4.78, 5) is 19.3. The van der Waals surface area contributed by atoms with Crippen LogP contribution in [0.25, 0.3) is 0 Å². The molecule has 4 heteroatoms. The summed E-state index contributed by atoms with van der Waals surface area (Å²) >= 11 is 0. The zero-order valence-corrected chi connectivity index (χ0v) is 4.59. The van der Waals surface area contributed by atoms with E-state index in [0.29, 0.717) is 13.0 Å². The monoisotopic (exact) mass is 117 g/mol. The molecule has 0 aromatic heterocycles. The Kier molecular flexibility index (Phi) is 1.45. The molecule has 0 aromatic rings. The van der Waals surface area contributed by atoms with E-state index >= 15 is 0 Å². The summed E-state index contributed by atoms with van der Waals surface area (Å²) in [6, 6.07) is 0. The van der Waals surface area contributed by atoms with E-state index in [0.717, 1.165) is 5.23 Å². The second kappa shape index (κ2) is 2.11. The third-order valence-corrected chi connectivity index (χ3v) is 0.906. The van der Waals surface area contributed by atoms with Gasteiger partial charge in [0, 0.05) is 0 Å². The number of carbonyl (C=O) groups is 1. The van der Waals surface area contributed by atoms with Crippen LogP contribution in [0.3, 0.4) is 0 Å². The molecule has 0 aliphatic carbocycles. The second-order valence-electron chi connectivity index (χ2n) is 1.45. The van der Waals surface area contributed by atoms with E-state index in [1.54, 1.807) is 0 Å². The van der Waals surface area contributed by atoms with Gasteiger partial charge in [0.15, 0.2) is 0 Å². The highest BCUT2D eigenvalue weighted by Crippen LogP contribution is 2.03. The molecule has 0 radical (unpaired) electrons. The lowest BCUT2D eigenvalue weighted by molar-refractivity contribution is -0.311. The minimum absolute atomic E-state index is 0.230. The molecule has 1 aliphatic rings. The van der Waals surface area contributed by atoms with Crippen LogP contribution in [-0.2, 0) is 14.5 Å². The summed E-state index contributed by atoms with van der Waals surface area (Å²) in [7, 11) is 1.46. The molecule has 0 N–H and O–H groups in total. The molecule has 1 saturated heterocycles. The summed E-state index contributed by atoms with van der Waals surface area (Å²) < 4.78 is 0. The first-order chi connectivity index (χ1) is 3.83. The maximum absolute atomic E-state index is 10.3. The molecule has 1 rings (SSSR count). The topological polar surface area (TPSA) is 38.8 Å². The number of hydrogen-bond donors (Lipinski definition) is 0. The van der Waals surface area contributed by atoms with Crippen LogP contribution in [-0.4, -0.2) is 24.9 Å². The van der Waals surface area contributed by atoms with Gasteiger partial charge in [-0.15, -0.1) is 0 Å². The van der Waals surface area contributed by atoms with Crippen LogP contribution in [0.1, 0.15) is 6.42 Å². The van der Waals surface area contributed by atoms with Gasteiger partial charge >= 0.3 is 5.97 Å². The quantitative estimate of drug-likeness (QED) is 0.473. The molecule has 1 fully saturated rings. The SMILES string of the molecule is CON1CCC(=O)O1. The minimum Gasteiger partial charge on any atom is -0.342 e. The fourth-order valence-electron chi connectivity index (χ4n) is 0.516. The Hall–Kier alpha value is -0.610. The third kappa shape index (κ3) is 0.962. The van der Waals surface area contributed by atoms with Crippen LogP contribution < -0.4 is 0 Å². The molecule has 0 bridgehead atoms. The highest BCUT2D eigenvalue weighted by atomic mass is 17.0. The van der Waals surface area contributed by atoms with Crippen LogP contribution in [0.15, 0.2) is 0 Å². The fraction of sp³-hybridized carbons (Fsp3) is 0.750. The summed E-state index contributed by atoms with van der Waals surface area (Å²) in [6.07, 6.45) is 0.424. The predicted molar refractivity (Wildman–Crippen MR) is 24.4 cm³/mol.